The van der Waals surface area contributed by atoms with Crippen molar-refractivity contribution in [3.63, 3.8) is 0 Å². The highest BCUT2D eigenvalue weighted by atomic mass is 28.4. The number of benzene rings is 1. The number of alkyl carbamates (subject to hydrolysis) is 1. The van der Waals surface area contributed by atoms with Crippen LogP contribution in [0, 0.1) is 11.8 Å². The lowest BCUT2D eigenvalue weighted by atomic mass is 10.1. The molecule has 256 valence electrons. The van der Waals surface area contributed by atoms with Crippen molar-refractivity contribution < 1.29 is 38.2 Å². The number of nitrogens with one attached hydrogen (secondary N) is 2. The Hall–Kier alpha value is -3.49. The topological polar surface area (TPSA) is 181 Å². The largest absolute Gasteiger partial charge is 0.445 e. The molecule has 13 nitrogen and oxygen atoms in total. The molecule has 2 aliphatic rings. The number of hydrogen-bond acceptors (Lipinski definition) is 8. The van der Waals surface area contributed by atoms with Crippen LogP contribution in [0.2, 0.25) is 18.1 Å². The molecule has 0 aliphatic carbocycles. The number of carbonyl (C=O) groups is 5. The van der Waals surface area contributed by atoms with E-state index in [0.29, 0.717) is 25.9 Å². The smallest absolute Gasteiger partial charge is 0.408 e. The third-order valence-corrected chi connectivity index (χ3v) is 13.9. The number of aliphatic hydroxyl groups is 1. The van der Waals surface area contributed by atoms with Gasteiger partial charge in [-0.2, -0.15) is 0 Å². The maximum atomic E-state index is 13.9. The first-order valence-corrected chi connectivity index (χ1v) is 18.8. The number of rotatable bonds is 12. The van der Waals surface area contributed by atoms with E-state index >= 15 is 0 Å². The highest BCUT2D eigenvalue weighted by Gasteiger charge is 2.44. The van der Waals surface area contributed by atoms with Gasteiger partial charge in [0.1, 0.15) is 18.7 Å². The van der Waals surface area contributed by atoms with E-state index in [4.69, 9.17) is 14.9 Å². The van der Waals surface area contributed by atoms with Gasteiger partial charge in [-0.3, -0.25) is 19.2 Å². The van der Waals surface area contributed by atoms with Crippen LogP contribution in [0.25, 0.3) is 0 Å². The predicted octanol–water partition coefficient (Wildman–Crippen LogP) is 1.74. The molecule has 0 bridgehead atoms. The SMILES string of the molecule is C[C@@H](O)[C@H](NC(=O)[C@H]1CCN(C(=O)[C@@H]2CCN(C(=O)[C@@H](NC(=O)OCc3ccccc3)[C@@H](C)O[Si](C)(C)C(C)(C)C)C2)C1)C(N)=O. The molecule has 1 aromatic rings. The zero-order valence-electron chi connectivity index (χ0n) is 28.1. The number of nitrogens with zero attached hydrogens (tertiary/aromatic N) is 2. The second-order valence-electron chi connectivity index (χ2n) is 13.9. The second-order valence-corrected chi connectivity index (χ2v) is 18.7. The summed E-state index contributed by atoms with van der Waals surface area (Å²) < 4.78 is 11.9. The van der Waals surface area contributed by atoms with Gasteiger partial charge in [0.05, 0.1) is 24.0 Å². The van der Waals surface area contributed by atoms with Crippen molar-refractivity contribution in [2.75, 3.05) is 26.2 Å². The third-order valence-electron chi connectivity index (χ3n) is 9.31. The van der Waals surface area contributed by atoms with E-state index < -0.39 is 62.4 Å². The molecule has 2 heterocycles. The van der Waals surface area contributed by atoms with Crippen LogP contribution in [-0.2, 0) is 34.9 Å². The number of ether oxygens (including phenoxy) is 1. The van der Waals surface area contributed by atoms with Gasteiger partial charge in [-0.1, -0.05) is 51.1 Å². The Labute approximate surface area is 272 Å². The van der Waals surface area contributed by atoms with Gasteiger partial charge >= 0.3 is 6.09 Å². The van der Waals surface area contributed by atoms with E-state index in [2.05, 4.69) is 44.5 Å². The molecule has 0 aromatic heterocycles. The number of primary amides is 1. The van der Waals surface area contributed by atoms with Gasteiger partial charge < -0.3 is 40.4 Å². The average Bonchev–Trinajstić information content (AvgIpc) is 3.67. The van der Waals surface area contributed by atoms with Gasteiger partial charge in [-0.25, -0.2) is 4.79 Å². The maximum Gasteiger partial charge on any atom is 0.408 e. The van der Waals surface area contributed by atoms with Crippen LogP contribution in [-0.4, -0.2) is 103 Å². The van der Waals surface area contributed by atoms with E-state index in [-0.39, 0.29) is 36.5 Å². The summed E-state index contributed by atoms with van der Waals surface area (Å²) in [6, 6.07) is 6.98. The lowest BCUT2D eigenvalue weighted by Crippen LogP contribution is -2.57. The number of hydrogen-bond donors (Lipinski definition) is 4. The number of nitrogens with two attached hydrogens (primary N) is 1. The lowest BCUT2D eigenvalue weighted by Gasteiger charge is -2.40. The van der Waals surface area contributed by atoms with Gasteiger partial charge in [0.15, 0.2) is 8.32 Å². The van der Waals surface area contributed by atoms with Crippen molar-refractivity contribution in [2.24, 2.45) is 17.6 Å². The average molecular weight is 662 g/mol. The number of aliphatic hydroxyl groups excluding tert-OH is 1. The zero-order chi connectivity index (χ0) is 34.4. The quantitative estimate of drug-likeness (QED) is 0.245. The molecular weight excluding hydrogens is 610 g/mol. The Morgan fingerprint density at radius 1 is 0.957 bits per heavy atom. The van der Waals surface area contributed by atoms with Crippen LogP contribution in [0.3, 0.4) is 0 Å². The van der Waals surface area contributed by atoms with Crippen molar-refractivity contribution in [1.82, 2.24) is 20.4 Å². The summed E-state index contributed by atoms with van der Waals surface area (Å²) in [5, 5.41) is 14.9. The molecule has 2 saturated heterocycles. The van der Waals surface area contributed by atoms with Crippen LogP contribution in [0.4, 0.5) is 4.79 Å². The van der Waals surface area contributed by atoms with Crippen LogP contribution in [0.15, 0.2) is 30.3 Å². The highest BCUT2D eigenvalue weighted by molar-refractivity contribution is 6.74. The van der Waals surface area contributed by atoms with Gasteiger partial charge in [0, 0.05) is 26.2 Å². The Bertz CT molecular complexity index is 1250. The fraction of sp³-hybridized carbons (Fsp3) is 0.656. The second kappa shape index (κ2) is 15.4. The molecule has 3 rings (SSSR count). The summed E-state index contributed by atoms with van der Waals surface area (Å²) >= 11 is 0. The maximum absolute atomic E-state index is 13.9. The van der Waals surface area contributed by atoms with E-state index in [0.717, 1.165) is 5.56 Å². The van der Waals surface area contributed by atoms with Crippen LogP contribution < -0.4 is 16.4 Å². The fourth-order valence-electron chi connectivity index (χ4n) is 5.47. The molecule has 2 aliphatic heterocycles. The fourth-order valence-corrected chi connectivity index (χ4v) is 6.89. The van der Waals surface area contributed by atoms with E-state index in [1.165, 1.54) is 6.92 Å². The predicted molar refractivity (Wildman–Crippen MR) is 173 cm³/mol. The third kappa shape index (κ3) is 9.52. The summed E-state index contributed by atoms with van der Waals surface area (Å²) in [6.45, 7) is 14.6. The molecule has 0 saturated carbocycles. The monoisotopic (exact) mass is 661 g/mol. The Morgan fingerprint density at radius 2 is 1.54 bits per heavy atom. The van der Waals surface area contributed by atoms with Crippen LogP contribution in [0.1, 0.15) is 53.0 Å². The minimum Gasteiger partial charge on any atom is -0.445 e. The van der Waals surface area contributed by atoms with Crippen molar-refractivity contribution in [1.29, 1.82) is 0 Å². The van der Waals surface area contributed by atoms with Crippen molar-refractivity contribution in [3.8, 4) is 0 Å². The van der Waals surface area contributed by atoms with E-state index in [1.807, 2.05) is 30.3 Å². The van der Waals surface area contributed by atoms with Crippen molar-refractivity contribution in [3.05, 3.63) is 35.9 Å². The standard InChI is InChI=1S/C32H51N5O8Si/c1-20(38)25(27(33)39)34-28(40)23-13-15-36(17-23)29(41)24-14-16-37(18-24)30(42)26(21(2)45-46(6,7)32(3,4)5)35-31(43)44-19-22-11-9-8-10-12-22/h8-12,20-21,23-26,38H,13-19H2,1-7H3,(H2,33,39)(H,34,40)(H,35,43)/t20-,21-,23+,24-,25+,26+/m1/s1. The Morgan fingerprint density at radius 3 is 2.13 bits per heavy atom. The first kappa shape index (κ1) is 37.0. The van der Waals surface area contributed by atoms with E-state index in [1.54, 1.807) is 16.7 Å². The first-order valence-electron chi connectivity index (χ1n) is 15.9. The first-order chi connectivity index (χ1) is 21.4. The van der Waals surface area contributed by atoms with Crippen molar-refractivity contribution in [2.45, 2.75) is 96.5 Å². The molecule has 5 N–H and O–H groups in total. The summed E-state index contributed by atoms with van der Waals surface area (Å²) in [4.78, 5) is 67.8. The number of likely N-dealkylation sites (tertiary alicyclic amines) is 2. The number of carbonyl (C=O) groups excluding carboxylic acids is 5. The van der Waals surface area contributed by atoms with Gasteiger partial charge in [0.25, 0.3) is 0 Å². The normalized spacial score (nSPS) is 21.2. The highest BCUT2D eigenvalue weighted by Crippen LogP contribution is 2.38. The lowest BCUT2D eigenvalue weighted by molar-refractivity contribution is -0.136. The summed E-state index contributed by atoms with van der Waals surface area (Å²) in [7, 11) is -2.32. The molecule has 46 heavy (non-hydrogen) atoms. The molecule has 2 fully saturated rings. The van der Waals surface area contributed by atoms with Crippen LogP contribution >= 0.6 is 0 Å². The molecule has 14 heteroatoms. The van der Waals surface area contributed by atoms with Gasteiger partial charge in [0.2, 0.25) is 23.6 Å². The summed E-state index contributed by atoms with van der Waals surface area (Å²) in [5.74, 6) is -2.83. The molecule has 0 unspecified atom stereocenters. The van der Waals surface area contributed by atoms with E-state index in [9.17, 15) is 29.1 Å². The molecular formula is C32H51N5O8Si. The summed E-state index contributed by atoms with van der Waals surface area (Å²) in [6.07, 6.45) is -1.71. The summed E-state index contributed by atoms with van der Waals surface area (Å²) in [5.41, 5.74) is 6.10. The molecule has 1 aromatic carbocycles. The molecule has 6 atom stereocenters. The van der Waals surface area contributed by atoms with Crippen LogP contribution in [0.5, 0.6) is 0 Å². The minimum absolute atomic E-state index is 0.0441. The van der Waals surface area contributed by atoms with Crippen molar-refractivity contribution >= 4 is 38.0 Å². The molecule has 0 spiro atoms. The Balaban J connectivity index is 1.65. The zero-order valence-corrected chi connectivity index (χ0v) is 29.1. The van der Waals surface area contributed by atoms with Gasteiger partial charge in [-0.05, 0) is 50.4 Å². The van der Waals surface area contributed by atoms with Gasteiger partial charge in [-0.15, -0.1) is 0 Å². The Kier molecular flexibility index (Phi) is 12.4. The number of amides is 5. The molecule has 0 radical (unpaired) electrons. The molecule has 5 amide bonds. The minimum atomic E-state index is -2.32.